The van der Waals surface area contributed by atoms with Crippen molar-refractivity contribution in [2.24, 2.45) is 29.6 Å². The fourth-order valence-electron chi connectivity index (χ4n) is 9.11. The molecule has 236 valence electrons. The maximum Gasteiger partial charge on any atom is 0.254 e. The van der Waals surface area contributed by atoms with E-state index < -0.39 is 0 Å². The number of carbonyl (C=O) groups excluding carboxylic acids is 1. The number of nitriles is 1. The van der Waals surface area contributed by atoms with Gasteiger partial charge in [0.15, 0.2) is 5.82 Å². The number of likely N-dealkylation sites (tertiary alicyclic amines) is 1. The largest absolute Gasteiger partial charge is 0.494 e. The van der Waals surface area contributed by atoms with Crippen molar-refractivity contribution in [1.82, 2.24) is 29.0 Å². The monoisotopic (exact) mass is 624 g/mol. The van der Waals surface area contributed by atoms with Crippen LogP contribution in [0.4, 0.5) is 5.82 Å². The van der Waals surface area contributed by atoms with Crippen molar-refractivity contribution in [3.05, 3.63) is 66.1 Å². The van der Waals surface area contributed by atoms with Gasteiger partial charge in [-0.3, -0.25) is 4.79 Å². The third kappa shape index (κ3) is 4.14. The topological polar surface area (TPSA) is 105 Å². The number of ether oxygens (including phenoxy) is 1. The van der Waals surface area contributed by atoms with E-state index in [0.717, 1.165) is 79.4 Å². The zero-order chi connectivity index (χ0) is 31.4. The lowest BCUT2D eigenvalue weighted by molar-refractivity contribution is -0.0204. The molecule has 0 N–H and O–H groups in total. The van der Waals surface area contributed by atoms with Gasteiger partial charge in [0.25, 0.3) is 5.91 Å². The summed E-state index contributed by atoms with van der Waals surface area (Å²) in [5, 5.41) is 10.5. The lowest BCUT2D eigenvalue weighted by atomic mass is 9.53. The van der Waals surface area contributed by atoms with Crippen LogP contribution in [-0.4, -0.2) is 67.7 Å². The van der Waals surface area contributed by atoms with E-state index in [-0.39, 0.29) is 11.7 Å². The van der Waals surface area contributed by atoms with Crippen LogP contribution in [0.5, 0.6) is 5.75 Å². The summed E-state index contributed by atoms with van der Waals surface area (Å²) < 4.78 is 10.9. The number of methoxy groups -OCH3 is 1. The first-order chi connectivity index (χ1) is 23.1. The van der Waals surface area contributed by atoms with Crippen molar-refractivity contribution in [3.8, 4) is 23.3 Å². The van der Waals surface area contributed by atoms with E-state index in [9.17, 15) is 10.1 Å². The van der Waals surface area contributed by atoms with Crippen LogP contribution in [0.1, 0.15) is 41.9 Å². The van der Waals surface area contributed by atoms with E-state index in [1.165, 1.54) is 30.2 Å². The number of hydrogen-bond acceptors (Lipinski definition) is 7. The molecule has 10 rings (SSSR count). The molecular weight excluding hydrogens is 588 g/mol. The maximum absolute atomic E-state index is 14.0. The molecule has 1 amide bonds. The summed E-state index contributed by atoms with van der Waals surface area (Å²) in [5.74, 6) is 5.95. The van der Waals surface area contributed by atoms with Crippen molar-refractivity contribution in [2.45, 2.75) is 44.8 Å². The van der Waals surface area contributed by atoms with Crippen molar-refractivity contribution >= 4 is 33.7 Å². The standard InChI is InChI=1S/C37H36N8O2/c1-47-31-14-25(37(46)44-20-26-10-24-13-29(44)34(24)26)11-27-35(31)45(19-22-16-42(17-22)33-8-9-39-32(15-38)41-33)36(40-27)30-12-23-4-2-3-5-28(23)43(30)18-21-6-7-21/h2-5,8-9,11-12,14,21-22,24,26,29,34H,6-7,10,13,16-20H2,1H3/t24?,26?,29?,34-/m1/s1. The van der Waals surface area contributed by atoms with Crippen LogP contribution >= 0.6 is 0 Å². The number of anilines is 1. The Labute approximate surface area is 272 Å². The number of hydrogen-bond donors (Lipinski definition) is 0. The van der Waals surface area contributed by atoms with Gasteiger partial charge < -0.3 is 23.7 Å². The molecule has 3 unspecified atom stereocenters. The summed E-state index contributed by atoms with van der Waals surface area (Å²) in [7, 11) is 1.70. The molecule has 0 radical (unpaired) electrons. The molecule has 2 aromatic carbocycles. The van der Waals surface area contributed by atoms with Gasteiger partial charge in [-0.15, -0.1) is 0 Å². The van der Waals surface area contributed by atoms with Gasteiger partial charge >= 0.3 is 0 Å². The minimum Gasteiger partial charge on any atom is -0.494 e. The van der Waals surface area contributed by atoms with Gasteiger partial charge in [0.05, 0.1) is 18.3 Å². The van der Waals surface area contributed by atoms with Crippen LogP contribution in [0.15, 0.2) is 54.7 Å². The highest BCUT2D eigenvalue weighted by molar-refractivity contribution is 6.00. The first-order valence-electron chi connectivity index (χ1n) is 17.0. The van der Waals surface area contributed by atoms with Crippen LogP contribution < -0.4 is 9.64 Å². The lowest BCUT2D eigenvalue weighted by Gasteiger charge is -2.52. The Hall–Kier alpha value is -4.91. The first kappa shape index (κ1) is 27.2. The predicted molar refractivity (Wildman–Crippen MR) is 177 cm³/mol. The Morgan fingerprint density at radius 1 is 0.979 bits per heavy atom. The van der Waals surface area contributed by atoms with Crippen molar-refractivity contribution in [3.63, 3.8) is 0 Å². The van der Waals surface area contributed by atoms with Gasteiger partial charge in [-0.2, -0.15) is 5.26 Å². The highest BCUT2D eigenvalue weighted by Gasteiger charge is 2.61. The molecule has 2 aliphatic heterocycles. The molecule has 0 bridgehead atoms. The number of amides is 1. The Morgan fingerprint density at radius 3 is 2.62 bits per heavy atom. The molecule has 5 heterocycles. The SMILES string of the molecule is COc1cc(C(=O)N2CC3CC4CC2[C@H]43)cc2nc(-c3cc4ccccc4n3CC3CC3)n(CC3CN(c4ccnc(C#N)n4)C3)c12. The van der Waals surface area contributed by atoms with Crippen molar-refractivity contribution < 1.29 is 9.53 Å². The molecular formula is C37H36N8O2. The molecule has 3 aliphatic carbocycles. The summed E-state index contributed by atoms with van der Waals surface area (Å²) in [4.78, 5) is 32.1. The average molecular weight is 625 g/mol. The van der Waals surface area contributed by atoms with E-state index in [4.69, 9.17) is 9.72 Å². The average Bonchev–Trinajstić information content (AvgIpc) is 3.72. The fraction of sp³-hybridized carbons (Fsp3) is 0.432. The highest BCUT2D eigenvalue weighted by atomic mass is 16.5. The number of fused-ring (bicyclic) bond motifs is 2. The molecule has 10 heteroatoms. The second-order valence-electron chi connectivity index (χ2n) is 14.4. The quantitative estimate of drug-likeness (QED) is 0.229. The van der Waals surface area contributed by atoms with Crippen LogP contribution in [0.25, 0.3) is 33.5 Å². The molecule has 0 spiro atoms. The van der Waals surface area contributed by atoms with E-state index in [1.54, 1.807) is 13.3 Å². The van der Waals surface area contributed by atoms with Gasteiger partial charge in [-0.1, -0.05) is 18.2 Å². The van der Waals surface area contributed by atoms with Crippen LogP contribution in [0.3, 0.4) is 0 Å². The van der Waals surface area contributed by atoms with E-state index in [0.29, 0.717) is 35.1 Å². The van der Waals surface area contributed by atoms with Crippen molar-refractivity contribution in [2.75, 3.05) is 31.6 Å². The summed E-state index contributed by atoms with van der Waals surface area (Å²) in [6, 6.07) is 19.1. The lowest BCUT2D eigenvalue weighted by Crippen LogP contribution is -2.53. The normalized spacial score (nSPS) is 24.5. The van der Waals surface area contributed by atoms with Crippen LogP contribution in [0.2, 0.25) is 0 Å². The second-order valence-corrected chi connectivity index (χ2v) is 14.4. The van der Waals surface area contributed by atoms with E-state index in [1.807, 2.05) is 24.3 Å². The molecule has 5 aliphatic rings. The summed E-state index contributed by atoms with van der Waals surface area (Å²) in [5.41, 5.74) is 4.72. The van der Waals surface area contributed by atoms with E-state index in [2.05, 4.69) is 59.2 Å². The number of carbonyl (C=O) groups is 1. The zero-order valence-electron chi connectivity index (χ0n) is 26.4. The molecule has 3 aromatic heterocycles. The van der Waals surface area contributed by atoms with Crippen molar-refractivity contribution in [1.29, 1.82) is 5.26 Å². The Balaban J connectivity index is 1.06. The van der Waals surface area contributed by atoms with Gasteiger partial charge in [-0.05, 0) is 79.7 Å². The molecule has 10 nitrogen and oxygen atoms in total. The summed E-state index contributed by atoms with van der Waals surface area (Å²) in [6.45, 7) is 4.21. The third-order valence-corrected chi connectivity index (χ3v) is 11.7. The predicted octanol–water partition coefficient (Wildman–Crippen LogP) is 5.36. The maximum atomic E-state index is 14.0. The van der Waals surface area contributed by atoms with Gasteiger partial charge in [-0.25, -0.2) is 15.0 Å². The van der Waals surface area contributed by atoms with Crippen LogP contribution in [-0.2, 0) is 13.1 Å². The first-order valence-corrected chi connectivity index (χ1v) is 17.0. The Morgan fingerprint density at radius 2 is 1.83 bits per heavy atom. The highest BCUT2D eigenvalue weighted by Crippen LogP contribution is 2.60. The van der Waals surface area contributed by atoms with Gasteiger partial charge in [0.2, 0.25) is 5.82 Å². The zero-order valence-corrected chi connectivity index (χ0v) is 26.4. The van der Waals surface area contributed by atoms with Gasteiger partial charge in [0, 0.05) is 67.3 Å². The third-order valence-electron chi connectivity index (χ3n) is 11.7. The summed E-state index contributed by atoms with van der Waals surface area (Å²) >= 11 is 0. The second kappa shape index (κ2) is 10.0. The number of imidazole rings is 1. The number of aromatic nitrogens is 5. The fourth-order valence-corrected chi connectivity index (χ4v) is 9.11. The Kier molecular flexibility index (Phi) is 5.82. The number of nitrogens with zero attached hydrogens (tertiary/aromatic N) is 8. The number of para-hydroxylation sites is 1. The van der Waals surface area contributed by atoms with Gasteiger partial charge in [0.1, 0.15) is 23.2 Å². The molecule has 5 fully saturated rings. The summed E-state index contributed by atoms with van der Waals surface area (Å²) in [6.07, 6.45) is 6.60. The van der Waals surface area contributed by atoms with E-state index >= 15 is 0 Å². The molecule has 4 atom stereocenters. The van der Waals surface area contributed by atoms with Crippen LogP contribution in [0, 0.1) is 40.9 Å². The molecule has 3 saturated carbocycles. The minimum absolute atomic E-state index is 0.109. The molecule has 5 aromatic rings. The Bertz CT molecular complexity index is 2130. The molecule has 2 saturated heterocycles. The smallest absolute Gasteiger partial charge is 0.254 e. The number of benzene rings is 2. The number of rotatable bonds is 8. The minimum atomic E-state index is 0.109. The molecule has 47 heavy (non-hydrogen) atoms.